The van der Waals surface area contributed by atoms with Crippen molar-refractivity contribution in [3.63, 3.8) is 0 Å². The molecule has 164 valence electrons. The second kappa shape index (κ2) is 9.28. The van der Waals surface area contributed by atoms with Crippen molar-refractivity contribution in [1.29, 1.82) is 0 Å². The molecule has 0 radical (unpaired) electrons. The number of likely N-dealkylation sites (N-methyl/N-ethyl adjacent to an activating group) is 1. The zero-order valence-corrected chi connectivity index (χ0v) is 17.8. The van der Waals surface area contributed by atoms with Crippen LogP contribution >= 0.6 is 0 Å². The quantitative estimate of drug-likeness (QED) is 0.542. The average molecular weight is 445 g/mol. The van der Waals surface area contributed by atoms with Gasteiger partial charge in [-0.2, -0.15) is 0 Å². The molecule has 1 fully saturated rings. The number of benzene rings is 1. The third kappa shape index (κ3) is 5.02. The average Bonchev–Trinajstić information content (AvgIpc) is 2.75. The van der Waals surface area contributed by atoms with Crippen molar-refractivity contribution in [1.82, 2.24) is 29.5 Å². The molecule has 3 aromatic rings. The lowest BCUT2D eigenvalue weighted by Gasteiger charge is -2.38. The van der Waals surface area contributed by atoms with Gasteiger partial charge in [-0.25, -0.2) is 24.1 Å². The van der Waals surface area contributed by atoms with Gasteiger partial charge in [-0.1, -0.05) is 0 Å². The molecule has 0 amide bonds. The largest absolute Gasteiger partial charge is 0.760 e. The third-order valence-corrected chi connectivity index (χ3v) is 5.89. The van der Waals surface area contributed by atoms with Gasteiger partial charge in [-0.05, 0) is 42.9 Å². The van der Waals surface area contributed by atoms with Crippen molar-refractivity contribution in [2.24, 2.45) is 0 Å². The minimum atomic E-state index is -2.41. The summed E-state index contributed by atoms with van der Waals surface area (Å²) in [5, 5.41) is 0. The molecule has 0 aliphatic carbocycles. The van der Waals surface area contributed by atoms with Crippen LogP contribution < -0.4 is 10.5 Å². The Morgan fingerprint density at radius 1 is 1.23 bits per heavy atom. The molecule has 1 saturated heterocycles. The van der Waals surface area contributed by atoms with E-state index in [1.165, 1.54) is 18.5 Å². The predicted octanol–water partition coefficient (Wildman–Crippen LogP) is 1.09. The summed E-state index contributed by atoms with van der Waals surface area (Å²) in [4.78, 5) is 17.0. The van der Waals surface area contributed by atoms with Gasteiger partial charge in [0, 0.05) is 55.6 Å². The first-order valence-electron chi connectivity index (χ1n) is 9.84. The number of halogens is 1. The van der Waals surface area contributed by atoms with Gasteiger partial charge in [0.25, 0.3) is 0 Å². The lowest BCUT2D eigenvalue weighted by atomic mass is 9.99. The maximum Gasteiger partial charge on any atom is 0.153 e. The first-order valence-corrected chi connectivity index (χ1v) is 10.9. The Labute approximate surface area is 181 Å². The number of fused-ring (bicyclic) bond motifs is 1. The molecule has 3 N–H and O–H groups in total. The molecule has 0 bridgehead atoms. The second-order valence-electron chi connectivity index (χ2n) is 7.53. The molecule has 0 saturated carbocycles. The molecule has 11 heteroatoms. The fourth-order valence-corrected chi connectivity index (χ4v) is 4.10. The first kappa shape index (κ1) is 21.7. The first-order chi connectivity index (χ1) is 14.9. The topological polar surface area (TPSA) is 123 Å². The molecule has 2 atom stereocenters. The van der Waals surface area contributed by atoms with Gasteiger partial charge in [-0.3, -0.25) is 9.11 Å². The van der Waals surface area contributed by atoms with Gasteiger partial charge >= 0.3 is 0 Å². The summed E-state index contributed by atoms with van der Waals surface area (Å²) < 4.78 is 39.4. The van der Waals surface area contributed by atoms with Gasteiger partial charge in [0.15, 0.2) is 5.82 Å². The Kier molecular flexibility index (Phi) is 6.49. The molecule has 1 aliphatic rings. The smallest absolute Gasteiger partial charge is 0.153 e. The normalized spacial score (nSPS) is 17.6. The maximum atomic E-state index is 14.6. The van der Waals surface area contributed by atoms with Crippen molar-refractivity contribution in [2.45, 2.75) is 6.04 Å². The van der Waals surface area contributed by atoms with Crippen LogP contribution in [0, 0.1) is 5.82 Å². The molecule has 4 rings (SSSR count). The number of nitrogens with one attached hydrogen (secondary N) is 1. The number of piperazine rings is 1. The minimum Gasteiger partial charge on any atom is -0.760 e. The fourth-order valence-electron chi connectivity index (χ4n) is 3.81. The van der Waals surface area contributed by atoms with E-state index < -0.39 is 17.1 Å². The van der Waals surface area contributed by atoms with Crippen LogP contribution in [-0.4, -0.2) is 73.3 Å². The molecule has 1 aliphatic heterocycles. The van der Waals surface area contributed by atoms with Crippen molar-refractivity contribution in [3.05, 3.63) is 48.0 Å². The van der Waals surface area contributed by atoms with E-state index in [1.807, 2.05) is 13.1 Å². The highest BCUT2D eigenvalue weighted by atomic mass is 32.2. The number of pyridine rings is 1. The number of nitrogens with two attached hydrogens (primary N) is 1. The minimum absolute atomic E-state index is 0.147. The molecule has 2 unspecified atom stereocenters. The van der Waals surface area contributed by atoms with E-state index in [9.17, 15) is 13.2 Å². The summed E-state index contributed by atoms with van der Waals surface area (Å²) in [6, 6.07) is 7.90. The van der Waals surface area contributed by atoms with Crippen molar-refractivity contribution >= 4 is 28.1 Å². The molecule has 3 heterocycles. The maximum absolute atomic E-state index is 14.6. The Morgan fingerprint density at radius 2 is 2.00 bits per heavy atom. The number of nitrogens with zero attached hydrogens (tertiary/aromatic N) is 5. The number of hydrogen-bond donors (Lipinski definition) is 2. The summed E-state index contributed by atoms with van der Waals surface area (Å²) in [7, 11) is 2.04. The van der Waals surface area contributed by atoms with Crippen molar-refractivity contribution in [2.75, 3.05) is 45.5 Å². The highest BCUT2D eigenvalue weighted by molar-refractivity contribution is 7.77. The van der Waals surface area contributed by atoms with Gasteiger partial charge in [0.1, 0.15) is 17.7 Å². The molecule has 1 aromatic carbocycles. The van der Waals surface area contributed by atoms with Crippen molar-refractivity contribution < 1.29 is 13.2 Å². The van der Waals surface area contributed by atoms with E-state index in [0.717, 1.165) is 26.2 Å². The van der Waals surface area contributed by atoms with Crippen LogP contribution in [0.4, 0.5) is 10.2 Å². The standard InChI is InChI=1S/C20H24FN7O2S/c1-27-4-6-28(7-5-27)18(11-25-31(29)30)14-8-13(9-15(21)10-14)16-2-3-17-19(26-16)20(22)24-12-23-17/h2-3,8-10,12,18,25H,4-7,11H2,1H3,(H,29,30)(H2,22,23,24)/p-1. The summed E-state index contributed by atoms with van der Waals surface area (Å²) in [5.41, 5.74) is 8.76. The molecule has 31 heavy (non-hydrogen) atoms. The van der Waals surface area contributed by atoms with Crippen LogP contribution in [0.25, 0.3) is 22.3 Å². The predicted molar refractivity (Wildman–Crippen MR) is 116 cm³/mol. The van der Waals surface area contributed by atoms with Gasteiger partial charge < -0.3 is 15.2 Å². The third-order valence-electron chi connectivity index (χ3n) is 5.48. The Balaban J connectivity index is 1.72. The lowest BCUT2D eigenvalue weighted by Crippen LogP contribution is -2.48. The SMILES string of the molecule is CN1CCN(C(CNS(=O)[O-])c2cc(F)cc(-c3ccc4ncnc(N)c4n3)c2)CC1. The Morgan fingerprint density at radius 3 is 2.74 bits per heavy atom. The molecular formula is C20H23FN7O2S-. The second-order valence-corrected chi connectivity index (χ2v) is 8.29. The van der Waals surface area contributed by atoms with E-state index in [4.69, 9.17) is 5.73 Å². The summed E-state index contributed by atoms with van der Waals surface area (Å²) >= 11 is -2.41. The fraction of sp³-hybridized carbons (Fsp3) is 0.350. The van der Waals surface area contributed by atoms with Crippen LogP contribution in [0.2, 0.25) is 0 Å². The number of aromatic nitrogens is 3. The van der Waals surface area contributed by atoms with Crippen LogP contribution in [0.15, 0.2) is 36.7 Å². The van der Waals surface area contributed by atoms with E-state index in [1.54, 1.807) is 12.1 Å². The summed E-state index contributed by atoms with van der Waals surface area (Å²) in [5.74, 6) is -0.171. The van der Waals surface area contributed by atoms with Gasteiger partial charge in [0.2, 0.25) is 0 Å². The number of nitrogen functional groups attached to an aromatic ring is 1. The number of hydrogen-bond acceptors (Lipinski definition) is 8. The molecular weight excluding hydrogens is 421 g/mol. The Hall–Kier alpha value is -2.57. The number of anilines is 1. The van der Waals surface area contributed by atoms with Crippen LogP contribution in [0.5, 0.6) is 0 Å². The highest BCUT2D eigenvalue weighted by Crippen LogP contribution is 2.29. The van der Waals surface area contributed by atoms with E-state index in [0.29, 0.717) is 27.9 Å². The van der Waals surface area contributed by atoms with Crippen LogP contribution in [-0.2, 0) is 11.3 Å². The highest BCUT2D eigenvalue weighted by Gasteiger charge is 2.25. The monoisotopic (exact) mass is 444 g/mol. The summed E-state index contributed by atoms with van der Waals surface area (Å²) in [6.45, 7) is 3.36. The molecule has 9 nitrogen and oxygen atoms in total. The van der Waals surface area contributed by atoms with E-state index >= 15 is 0 Å². The zero-order chi connectivity index (χ0) is 22.0. The van der Waals surface area contributed by atoms with Gasteiger partial charge in [-0.15, -0.1) is 0 Å². The van der Waals surface area contributed by atoms with Gasteiger partial charge in [0.05, 0.1) is 11.2 Å². The zero-order valence-electron chi connectivity index (χ0n) is 17.0. The van der Waals surface area contributed by atoms with Crippen LogP contribution in [0.1, 0.15) is 11.6 Å². The lowest BCUT2D eigenvalue weighted by molar-refractivity contribution is 0.112. The van der Waals surface area contributed by atoms with E-state index in [2.05, 4.69) is 29.5 Å². The molecule has 2 aromatic heterocycles. The summed E-state index contributed by atoms with van der Waals surface area (Å²) in [6.07, 6.45) is 1.37. The molecule has 0 spiro atoms. The Bertz CT molecular complexity index is 1110. The van der Waals surface area contributed by atoms with E-state index in [-0.39, 0.29) is 18.4 Å². The van der Waals surface area contributed by atoms with Crippen molar-refractivity contribution in [3.8, 4) is 11.3 Å². The number of rotatable bonds is 6. The van der Waals surface area contributed by atoms with Crippen LogP contribution in [0.3, 0.4) is 0 Å².